The Labute approximate surface area is 193 Å². The van der Waals surface area contributed by atoms with Gasteiger partial charge in [0.1, 0.15) is 0 Å². The van der Waals surface area contributed by atoms with Gasteiger partial charge in [0.05, 0.1) is 50.6 Å². The molecule has 8 heteroatoms. The molecule has 2 aromatic carbocycles. The van der Waals surface area contributed by atoms with E-state index >= 15 is 0 Å². The summed E-state index contributed by atoms with van der Waals surface area (Å²) in [5.41, 5.74) is 3.88. The van der Waals surface area contributed by atoms with Crippen LogP contribution in [0.25, 0.3) is 11.0 Å². The number of anilines is 1. The van der Waals surface area contributed by atoms with E-state index in [0.717, 1.165) is 28.7 Å². The fourth-order valence-corrected chi connectivity index (χ4v) is 4.36. The van der Waals surface area contributed by atoms with E-state index in [1.165, 1.54) is 0 Å². The second kappa shape index (κ2) is 9.44. The van der Waals surface area contributed by atoms with Crippen LogP contribution in [0, 0.1) is 0 Å². The molecule has 0 aliphatic carbocycles. The predicted octanol–water partition coefficient (Wildman–Crippen LogP) is 4.69. The normalized spacial score (nSPS) is 15.1. The van der Waals surface area contributed by atoms with Crippen molar-refractivity contribution in [3.8, 4) is 17.2 Å². The van der Waals surface area contributed by atoms with Gasteiger partial charge in [0, 0.05) is 5.70 Å². The molecule has 0 fully saturated rings. The van der Waals surface area contributed by atoms with Crippen LogP contribution in [0.1, 0.15) is 38.3 Å². The maximum atomic E-state index is 13.3. The number of esters is 1. The monoisotopic (exact) mass is 451 g/mol. The zero-order valence-corrected chi connectivity index (χ0v) is 19.6. The third-order valence-corrected chi connectivity index (χ3v) is 5.71. The number of allylic oxidation sites excluding steroid dienone is 1. The first-order chi connectivity index (χ1) is 16.1. The summed E-state index contributed by atoms with van der Waals surface area (Å²) < 4.78 is 24.3. The zero-order valence-electron chi connectivity index (χ0n) is 19.6. The number of fused-ring (bicyclic) bond motifs is 3. The highest BCUT2D eigenvalue weighted by atomic mass is 16.5. The fourth-order valence-electron chi connectivity index (χ4n) is 4.36. The van der Waals surface area contributed by atoms with Crippen LogP contribution in [0.2, 0.25) is 0 Å². The summed E-state index contributed by atoms with van der Waals surface area (Å²) in [5, 5.41) is 3.40. The highest BCUT2D eigenvalue weighted by Gasteiger charge is 2.37. The van der Waals surface area contributed by atoms with Gasteiger partial charge in [-0.25, -0.2) is 9.78 Å². The molecule has 4 rings (SSSR count). The lowest BCUT2D eigenvalue weighted by Gasteiger charge is -2.31. The van der Waals surface area contributed by atoms with Crippen LogP contribution in [-0.2, 0) is 9.53 Å². The number of carbonyl (C=O) groups excluding carboxylic acids is 1. The van der Waals surface area contributed by atoms with Gasteiger partial charge in [-0.05, 0) is 43.2 Å². The number of hydrogen-bond donors (Lipinski definition) is 1. The molecule has 1 atom stereocenters. The van der Waals surface area contributed by atoms with Gasteiger partial charge >= 0.3 is 5.97 Å². The van der Waals surface area contributed by atoms with Crippen molar-refractivity contribution in [2.24, 2.45) is 0 Å². The lowest BCUT2D eigenvalue weighted by molar-refractivity contribution is -0.139. The Bertz CT molecular complexity index is 1190. The lowest BCUT2D eigenvalue weighted by Crippen LogP contribution is -2.30. The second-order valence-electron chi connectivity index (χ2n) is 7.64. The molecule has 1 aliphatic rings. The molecule has 8 nitrogen and oxygen atoms in total. The van der Waals surface area contributed by atoms with E-state index in [0.29, 0.717) is 35.2 Å². The summed E-state index contributed by atoms with van der Waals surface area (Å²) in [6.07, 6.45) is 1.53. The van der Waals surface area contributed by atoms with E-state index in [1.54, 1.807) is 28.3 Å². The average Bonchev–Trinajstić information content (AvgIpc) is 3.20. The van der Waals surface area contributed by atoms with E-state index in [1.807, 2.05) is 41.0 Å². The molecular weight excluding hydrogens is 422 g/mol. The number of methoxy groups -OCH3 is 3. The van der Waals surface area contributed by atoms with Gasteiger partial charge in [0.2, 0.25) is 11.7 Å². The Morgan fingerprint density at radius 2 is 1.76 bits per heavy atom. The smallest absolute Gasteiger partial charge is 0.338 e. The van der Waals surface area contributed by atoms with Crippen LogP contribution in [0.15, 0.2) is 47.7 Å². The van der Waals surface area contributed by atoms with E-state index in [2.05, 4.69) is 12.2 Å². The number of hydrogen-bond acceptors (Lipinski definition) is 7. The quantitative estimate of drug-likeness (QED) is 0.497. The Hall–Kier alpha value is -3.68. The van der Waals surface area contributed by atoms with E-state index in [-0.39, 0.29) is 12.6 Å². The van der Waals surface area contributed by atoms with Gasteiger partial charge in [-0.2, -0.15) is 0 Å². The van der Waals surface area contributed by atoms with Crippen molar-refractivity contribution in [1.29, 1.82) is 0 Å². The van der Waals surface area contributed by atoms with E-state index in [4.69, 9.17) is 23.9 Å². The number of rotatable bonds is 8. The number of nitrogens with one attached hydrogen (secondary N) is 1. The molecule has 1 aliphatic heterocycles. The molecular formula is C25H29N3O5. The van der Waals surface area contributed by atoms with Crippen molar-refractivity contribution in [1.82, 2.24) is 9.55 Å². The van der Waals surface area contributed by atoms with Crippen molar-refractivity contribution in [3.05, 3.63) is 53.2 Å². The molecule has 0 radical (unpaired) electrons. The van der Waals surface area contributed by atoms with Crippen molar-refractivity contribution in [2.45, 2.75) is 32.7 Å². The first kappa shape index (κ1) is 22.5. The fraction of sp³-hybridized carbons (Fsp3) is 0.360. The molecule has 174 valence electrons. The molecule has 0 saturated carbocycles. The largest absolute Gasteiger partial charge is 0.493 e. The second-order valence-corrected chi connectivity index (χ2v) is 7.64. The minimum absolute atomic E-state index is 0.279. The van der Waals surface area contributed by atoms with Crippen molar-refractivity contribution in [3.63, 3.8) is 0 Å². The summed E-state index contributed by atoms with van der Waals surface area (Å²) in [7, 11) is 4.72. The van der Waals surface area contributed by atoms with Crippen molar-refractivity contribution in [2.75, 3.05) is 33.3 Å². The number of carbonyl (C=O) groups is 1. The number of nitrogens with zero attached hydrogens (tertiary/aromatic N) is 2. The summed E-state index contributed by atoms with van der Waals surface area (Å²) in [5.74, 6) is 1.82. The Kier molecular flexibility index (Phi) is 6.44. The number of imidazole rings is 1. The minimum Gasteiger partial charge on any atom is -0.493 e. The van der Waals surface area contributed by atoms with Crippen molar-refractivity contribution >= 4 is 23.0 Å². The first-order valence-electron chi connectivity index (χ1n) is 11.0. The standard InChI is InChI=1S/C25H29N3O5/c1-6-10-17-21(24(29)33-7-2)22(15-13-19(30-3)23(32-5)20(14-15)31-4)28-18-12-9-8-11-16(18)26-25(28)27-17/h8-9,11-14,22H,6-7,10H2,1-5H3,(H,26,27)/t22-/m1/s1. The lowest BCUT2D eigenvalue weighted by atomic mass is 9.92. The Morgan fingerprint density at radius 1 is 1.06 bits per heavy atom. The molecule has 0 spiro atoms. The third kappa shape index (κ3) is 3.86. The van der Waals surface area contributed by atoms with Crippen LogP contribution in [0.4, 0.5) is 5.95 Å². The highest BCUT2D eigenvalue weighted by Crippen LogP contribution is 2.46. The molecule has 0 amide bonds. The zero-order chi connectivity index (χ0) is 23.5. The maximum Gasteiger partial charge on any atom is 0.338 e. The number of aromatic nitrogens is 2. The van der Waals surface area contributed by atoms with Crippen LogP contribution in [-0.4, -0.2) is 43.5 Å². The van der Waals surface area contributed by atoms with E-state index in [9.17, 15) is 4.79 Å². The van der Waals surface area contributed by atoms with Gasteiger partial charge in [-0.15, -0.1) is 0 Å². The van der Waals surface area contributed by atoms with Gasteiger partial charge in [0.25, 0.3) is 0 Å². The Balaban J connectivity index is 2.04. The molecule has 33 heavy (non-hydrogen) atoms. The van der Waals surface area contributed by atoms with Gasteiger partial charge in [-0.3, -0.25) is 4.57 Å². The summed E-state index contributed by atoms with van der Waals surface area (Å²) in [6, 6.07) is 11.1. The highest BCUT2D eigenvalue weighted by molar-refractivity contribution is 5.94. The summed E-state index contributed by atoms with van der Waals surface area (Å²) in [6.45, 7) is 4.16. The first-order valence-corrected chi connectivity index (χ1v) is 11.0. The summed E-state index contributed by atoms with van der Waals surface area (Å²) in [4.78, 5) is 18.1. The minimum atomic E-state index is -0.497. The van der Waals surface area contributed by atoms with Crippen LogP contribution >= 0.6 is 0 Å². The molecule has 0 bridgehead atoms. The topological polar surface area (TPSA) is 83.8 Å². The third-order valence-electron chi connectivity index (χ3n) is 5.71. The Morgan fingerprint density at radius 3 is 2.36 bits per heavy atom. The van der Waals surface area contributed by atoms with Crippen LogP contribution in [0.5, 0.6) is 17.2 Å². The van der Waals surface area contributed by atoms with E-state index < -0.39 is 6.04 Å². The van der Waals surface area contributed by atoms with Crippen LogP contribution in [0.3, 0.4) is 0 Å². The maximum absolute atomic E-state index is 13.3. The SMILES string of the molecule is CCCC1=C(C(=O)OCC)[C@@H](c2cc(OC)c(OC)c(OC)c2)n2c(nc3ccccc32)N1. The number of para-hydroxylation sites is 2. The van der Waals surface area contributed by atoms with Gasteiger partial charge < -0.3 is 24.3 Å². The van der Waals surface area contributed by atoms with Gasteiger partial charge in [0.15, 0.2) is 11.5 Å². The molecule has 0 saturated heterocycles. The predicted molar refractivity (Wildman–Crippen MR) is 126 cm³/mol. The van der Waals surface area contributed by atoms with Gasteiger partial charge in [-0.1, -0.05) is 25.5 Å². The van der Waals surface area contributed by atoms with Crippen LogP contribution < -0.4 is 19.5 Å². The molecule has 0 unspecified atom stereocenters. The number of ether oxygens (including phenoxy) is 4. The number of benzene rings is 2. The molecule has 3 aromatic rings. The van der Waals surface area contributed by atoms with Crippen molar-refractivity contribution < 1.29 is 23.7 Å². The molecule has 1 aromatic heterocycles. The average molecular weight is 452 g/mol. The molecule has 1 N–H and O–H groups in total. The molecule has 2 heterocycles. The summed E-state index contributed by atoms with van der Waals surface area (Å²) >= 11 is 0.